The lowest BCUT2D eigenvalue weighted by molar-refractivity contribution is 0.574. The summed E-state index contributed by atoms with van der Waals surface area (Å²) in [6, 6.07) is 6.84. The lowest BCUT2D eigenvalue weighted by Crippen LogP contribution is -2.11. The Morgan fingerprint density at radius 1 is 1.30 bits per heavy atom. The predicted octanol–water partition coefficient (Wildman–Crippen LogP) is 1.39. The normalized spacial score (nSPS) is 12.1. The third-order valence-electron chi connectivity index (χ3n) is 2.99. The van der Waals surface area contributed by atoms with Crippen molar-refractivity contribution in [2.24, 2.45) is 5.73 Å². The SMILES string of the molecule is CC(C)n1c(CN)nnc1-c1cccc(S(C)(=O)=O)c1. The van der Waals surface area contributed by atoms with Gasteiger partial charge < -0.3 is 10.3 Å². The van der Waals surface area contributed by atoms with Crippen LogP contribution < -0.4 is 5.73 Å². The van der Waals surface area contributed by atoms with Gasteiger partial charge in [0.15, 0.2) is 15.7 Å². The van der Waals surface area contributed by atoms with Gasteiger partial charge in [-0.1, -0.05) is 12.1 Å². The zero-order valence-corrected chi connectivity index (χ0v) is 12.6. The van der Waals surface area contributed by atoms with Gasteiger partial charge in [0.2, 0.25) is 0 Å². The van der Waals surface area contributed by atoms with Crippen molar-refractivity contribution in [2.45, 2.75) is 31.3 Å². The monoisotopic (exact) mass is 294 g/mol. The second-order valence-electron chi connectivity index (χ2n) is 4.91. The fraction of sp³-hybridized carbons (Fsp3) is 0.385. The average Bonchev–Trinajstić information content (AvgIpc) is 2.81. The van der Waals surface area contributed by atoms with Gasteiger partial charge in [0.05, 0.1) is 11.4 Å². The van der Waals surface area contributed by atoms with Crippen LogP contribution in [-0.4, -0.2) is 29.4 Å². The molecule has 0 bridgehead atoms. The Balaban J connectivity index is 2.61. The summed E-state index contributed by atoms with van der Waals surface area (Å²) in [5, 5.41) is 8.20. The molecule has 0 atom stereocenters. The van der Waals surface area contributed by atoms with Gasteiger partial charge in [-0.2, -0.15) is 0 Å². The van der Waals surface area contributed by atoms with Gasteiger partial charge in [0, 0.05) is 17.9 Å². The summed E-state index contributed by atoms with van der Waals surface area (Å²) < 4.78 is 25.2. The van der Waals surface area contributed by atoms with Gasteiger partial charge in [-0.25, -0.2) is 8.42 Å². The number of aromatic nitrogens is 3. The number of nitrogens with zero attached hydrogens (tertiary/aromatic N) is 3. The average molecular weight is 294 g/mol. The van der Waals surface area contributed by atoms with Crippen LogP contribution in [0.3, 0.4) is 0 Å². The fourth-order valence-electron chi connectivity index (χ4n) is 2.07. The number of hydrogen-bond acceptors (Lipinski definition) is 5. The zero-order valence-electron chi connectivity index (χ0n) is 11.7. The van der Waals surface area contributed by atoms with Crippen molar-refractivity contribution >= 4 is 9.84 Å². The molecule has 1 aromatic heterocycles. The first-order valence-corrected chi connectivity index (χ1v) is 8.18. The van der Waals surface area contributed by atoms with E-state index >= 15 is 0 Å². The van der Waals surface area contributed by atoms with Gasteiger partial charge in [-0.05, 0) is 26.0 Å². The van der Waals surface area contributed by atoms with Gasteiger partial charge >= 0.3 is 0 Å². The quantitative estimate of drug-likeness (QED) is 0.920. The lowest BCUT2D eigenvalue weighted by atomic mass is 10.2. The van der Waals surface area contributed by atoms with Crippen LogP contribution in [0.25, 0.3) is 11.4 Å². The van der Waals surface area contributed by atoms with E-state index in [1.807, 2.05) is 24.5 Å². The van der Waals surface area contributed by atoms with Crippen molar-refractivity contribution in [1.29, 1.82) is 0 Å². The molecule has 1 heterocycles. The van der Waals surface area contributed by atoms with Gasteiger partial charge in [0.25, 0.3) is 0 Å². The minimum atomic E-state index is -3.25. The van der Waals surface area contributed by atoms with Gasteiger partial charge in [-0.15, -0.1) is 10.2 Å². The van der Waals surface area contributed by atoms with Crippen LogP contribution >= 0.6 is 0 Å². The summed E-state index contributed by atoms with van der Waals surface area (Å²) in [6.45, 7) is 4.30. The summed E-state index contributed by atoms with van der Waals surface area (Å²) in [5.41, 5.74) is 6.38. The molecule has 20 heavy (non-hydrogen) atoms. The smallest absolute Gasteiger partial charge is 0.175 e. The number of hydrogen-bond donors (Lipinski definition) is 1. The van der Waals surface area contributed by atoms with Crippen molar-refractivity contribution in [1.82, 2.24) is 14.8 Å². The fourth-order valence-corrected chi connectivity index (χ4v) is 2.73. The standard InChI is InChI=1S/C13H18N4O2S/c1-9(2)17-12(8-14)15-16-13(17)10-5-4-6-11(7-10)20(3,18)19/h4-7,9H,8,14H2,1-3H3. The maximum atomic E-state index is 11.6. The highest BCUT2D eigenvalue weighted by molar-refractivity contribution is 7.90. The Labute approximate surface area is 118 Å². The first-order chi connectivity index (χ1) is 9.34. The molecule has 0 amide bonds. The van der Waals surface area contributed by atoms with E-state index in [0.29, 0.717) is 17.2 Å². The number of nitrogens with two attached hydrogens (primary N) is 1. The molecule has 2 rings (SSSR count). The van der Waals surface area contributed by atoms with E-state index in [1.165, 1.54) is 6.26 Å². The minimum Gasteiger partial charge on any atom is -0.324 e. The molecule has 0 fully saturated rings. The number of rotatable bonds is 4. The largest absolute Gasteiger partial charge is 0.324 e. The third-order valence-corrected chi connectivity index (χ3v) is 4.10. The highest BCUT2D eigenvalue weighted by Crippen LogP contribution is 2.24. The van der Waals surface area contributed by atoms with Crippen LogP contribution in [0.4, 0.5) is 0 Å². The van der Waals surface area contributed by atoms with Crippen molar-refractivity contribution in [2.75, 3.05) is 6.26 Å². The molecule has 2 N–H and O–H groups in total. The van der Waals surface area contributed by atoms with E-state index < -0.39 is 9.84 Å². The topological polar surface area (TPSA) is 90.9 Å². The van der Waals surface area contributed by atoms with Crippen LogP contribution in [0.5, 0.6) is 0 Å². The molecule has 0 aliphatic carbocycles. The summed E-state index contributed by atoms with van der Waals surface area (Å²) in [7, 11) is -3.25. The zero-order chi connectivity index (χ0) is 14.9. The Morgan fingerprint density at radius 3 is 2.55 bits per heavy atom. The Bertz CT molecular complexity index is 720. The molecule has 0 saturated carbocycles. The minimum absolute atomic E-state index is 0.139. The maximum Gasteiger partial charge on any atom is 0.175 e. The highest BCUT2D eigenvalue weighted by atomic mass is 32.2. The van der Waals surface area contributed by atoms with Crippen molar-refractivity contribution < 1.29 is 8.42 Å². The molecule has 0 aliphatic heterocycles. The van der Waals surface area contributed by atoms with Crippen LogP contribution in [0.15, 0.2) is 29.2 Å². The van der Waals surface area contributed by atoms with Crippen molar-refractivity contribution in [3.05, 3.63) is 30.1 Å². The third kappa shape index (κ3) is 2.73. The number of sulfone groups is 1. The van der Waals surface area contributed by atoms with Crippen LogP contribution in [0.1, 0.15) is 25.7 Å². The molecule has 0 saturated heterocycles. The first-order valence-electron chi connectivity index (χ1n) is 6.29. The second kappa shape index (κ2) is 5.34. The van der Waals surface area contributed by atoms with Crippen LogP contribution in [0.2, 0.25) is 0 Å². The molecule has 6 nitrogen and oxygen atoms in total. The van der Waals surface area contributed by atoms with E-state index in [2.05, 4.69) is 10.2 Å². The van der Waals surface area contributed by atoms with Gasteiger partial charge in [0.1, 0.15) is 5.82 Å². The Morgan fingerprint density at radius 2 is 2.00 bits per heavy atom. The van der Waals surface area contributed by atoms with Crippen LogP contribution in [0, 0.1) is 0 Å². The van der Waals surface area contributed by atoms with Crippen molar-refractivity contribution in [3.8, 4) is 11.4 Å². The molecule has 1 aromatic carbocycles. The van der Waals surface area contributed by atoms with E-state index in [1.54, 1.807) is 18.2 Å². The van der Waals surface area contributed by atoms with E-state index in [9.17, 15) is 8.42 Å². The Kier molecular flexibility index (Phi) is 3.92. The summed E-state index contributed by atoms with van der Waals surface area (Å²) in [6.07, 6.45) is 1.19. The molecule has 108 valence electrons. The molecular weight excluding hydrogens is 276 g/mol. The lowest BCUT2D eigenvalue weighted by Gasteiger charge is -2.13. The second-order valence-corrected chi connectivity index (χ2v) is 6.92. The molecule has 7 heteroatoms. The van der Waals surface area contributed by atoms with E-state index in [0.717, 1.165) is 0 Å². The summed E-state index contributed by atoms with van der Waals surface area (Å²) in [4.78, 5) is 0.266. The molecular formula is C13H18N4O2S. The molecule has 0 aliphatic rings. The van der Waals surface area contributed by atoms with Crippen molar-refractivity contribution in [3.63, 3.8) is 0 Å². The predicted molar refractivity (Wildman–Crippen MR) is 76.8 cm³/mol. The maximum absolute atomic E-state index is 11.6. The summed E-state index contributed by atoms with van der Waals surface area (Å²) in [5.74, 6) is 1.31. The van der Waals surface area contributed by atoms with E-state index in [-0.39, 0.29) is 17.5 Å². The number of benzene rings is 1. The molecule has 2 aromatic rings. The first kappa shape index (κ1) is 14.7. The van der Waals surface area contributed by atoms with E-state index in [4.69, 9.17) is 5.73 Å². The molecule has 0 radical (unpaired) electrons. The highest BCUT2D eigenvalue weighted by Gasteiger charge is 2.17. The Hall–Kier alpha value is -1.73. The molecule has 0 unspecified atom stereocenters. The molecule has 0 spiro atoms. The van der Waals surface area contributed by atoms with Crippen LogP contribution in [-0.2, 0) is 16.4 Å². The summed E-state index contributed by atoms with van der Waals surface area (Å²) >= 11 is 0. The van der Waals surface area contributed by atoms with Gasteiger partial charge in [-0.3, -0.25) is 0 Å².